The molecule has 1 unspecified atom stereocenters. The Hall–Kier alpha value is -1.44. The quantitative estimate of drug-likeness (QED) is 0.728. The molecule has 1 aromatic rings. The topological polar surface area (TPSA) is 104 Å². The van der Waals surface area contributed by atoms with Crippen LogP contribution in [0.3, 0.4) is 0 Å². The van der Waals surface area contributed by atoms with Crippen LogP contribution in [0, 0.1) is 13.8 Å². The Morgan fingerprint density at radius 3 is 2.45 bits per heavy atom. The molecule has 0 fully saturated rings. The maximum Gasteiger partial charge on any atom is 0.335 e. The largest absolute Gasteiger partial charge is 0.478 e. The molecule has 0 aliphatic carbocycles. The predicted molar refractivity (Wildman–Crippen MR) is 74.4 cm³/mol. The maximum atomic E-state index is 12.2. The summed E-state index contributed by atoms with van der Waals surface area (Å²) in [5, 5.41) is 18.1. The van der Waals surface area contributed by atoms with Crippen LogP contribution in [0.2, 0.25) is 0 Å². The summed E-state index contributed by atoms with van der Waals surface area (Å²) < 4.78 is 26.7. The lowest BCUT2D eigenvalue weighted by Crippen LogP contribution is -2.27. The molecular formula is C13H19NO5S. The molecule has 0 aromatic heterocycles. The molecule has 20 heavy (non-hydrogen) atoms. The first kappa shape index (κ1) is 16.6. The summed E-state index contributed by atoms with van der Waals surface area (Å²) in [6.45, 7) is 4.95. The Balaban J connectivity index is 3.14. The van der Waals surface area contributed by atoms with Crippen molar-refractivity contribution in [3.8, 4) is 0 Å². The molecule has 7 heteroatoms. The second kappa shape index (κ2) is 6.34. The number of carbonyl (C=O) groups is 1. The summed E-state index contributed by atoms with van der Waals surface area (Å²) in [4.78, 5) is 11.0. The van der Waals surface area contributed by atoms with E-state index in [9.17, 15) is 13.2 Å². The summed E-state index contributed by atoms with van der Waals surface area (Å²) in [6.07, 6.45) is -0.318. The number of benzene rings is 1. The molecule has 1 rings (SSSR count). The number of aryl methyl sites for hydroxylation is 1. The van der Waals surface area contributed by atoms with Crippen molar-refractivity contribution in [2.24, 2.45) is 0 Å². The van der Waals surface area contributed by atoms with Crippen molar-refractivity contribution in [3.63, 3.8) is 0 Å². The molecule has 0 heterocycles. The van der Waals surface area contributed by atoms with E-state index < -0.39 is 22.1 Å². The number of sulfonamides is 1. The van der Waals surface area contributed by atoms with Gasteiger partial charge in [0.05, 0.1) is 16.6 Å². The van der Waals surface area contributed by atoms with Crippen molar-refractivity contribution >= 4 is 16.0 Å². The fraction of sp³-hybridized carbons (Fsp3) is 0.462. The summed E-state index contributed by atoms with van der Waals surface area (Å²) in [6, 6.07) is 2.59. The highest BCUT2D eigenvalue weighted by Gasteiger charge is 2.20. The van der Waals surface area contributed by atoms with Gasteiger partial charge < -0.3 is 10.2 Å². The third-order valence-corrected chi connectivity index (χ3v) is 4.60. The molecule has 1 atom stereocenters. The third-order valence-electron chi connectivity index (χ3n) is 3.01. The van der Waals surface area contributed by atoms with Crippen LogP contribution in [0.1, 0.15) is 34.8 Å². The highest BCUT2D eigenvalue weighted by molar-refractivity contribution is 7.89. The zero-order valence-corrected chi connectivity index (χ0v) is 12.5. The van der Waals surface area contributed by atoms with Crippen molar-refractivity contribution in [3.05, 3.63) is 28.8 Å². The number of nitrogens with one attached hydrogen (secondary N) is 1. The summed E-state index contributed by atoms with van der Waals surface area (Å²) in [7, 11) is -3.79. The lowest BCUT2D eigenvalue weighted by Gasteiger charge is -2.13. The van der Waals surface area contributed by atoms with Gasteiger partial charge >= 0.3 is 5.97 Å². The molecule has 0 saturated carbocycles. The highest BCUT2D eigenvalue weighted by atomic mass is 32.2. The van der Waals surface area contributed by atoms with Crippen molar-refractivity contribution in [2.45, 2.75) is 38.2 Å². The number of rotatable bonds is 6. The molecule has 0 aliphatic heterocycles. The minimum Gasteiger partial charge on any atom is -0.478 e. The second-order valence-corrected chi connectivity index (χ2v) is 6.49. The van der Waals surface area contributed by atoms with Gasteiger partial charge in [0.2, 0.25) is 10.0 Å². The molecule has 3 N–H and O–H groups in total. The van der Waals surface area contributed by atoms with Gasteiger partial charge in [0.15, 0.2) is 0 Å². The van der Waals surface area contributed by atoms with Gasteiger partial charge in [-0.25, -0.2) is 17.9 Å². The first-order valence-corrected chi connectivity index (χ1v) is 7.65. The number of carboxylic acid groups (broad SMARTS) is 1. The van der Waals surface area contributed by atoms with Crippen LogP contribution in [0.5, 0.6) is 0 Å². The zero-order chi connectivity index (χ0) is 15.5. The van der Waals surface area contributed by atoms with E-state index in [1.165, 1.54) is 6.07 Å². The summed E-state index contributed by atoms with van der Waals surface area (Å²) >= 11 is 0. The van der Waals surface area contributed by atoms with Gasteiger partial charge in [-0.15, -0.1) is 0 Å². The molecule has 0 spiro atoms. The Morgan fingerprint density at radius 2 is 1.95 bits per heavy atom. The average Bonchev–Trinajstić information content (AvgIpc) is 2.31. The molecule has 0 bridgehead atoms. The van der Waals surface area contributed by atoms with Gasteiger partial charge in [-0.2, -0.15) is 0 Å². The van der Waals surface area contributed by atoms with Crippen LogP contribution in [-0.4, -0.2) is 37.2 Å². The molecule has 0 saturated heterocycles. The van der Waals surface area contributed by atoms with E-state index in [1.54, 1.807) is 20.8 Å². The molecular weight excluding hydrogens is 282 g/mol. The molecule has 0 amide bonds. The fourth-order valence-corrected chi connectivity index (χ4v) is 3.10. The maximum absolute atomic E-state index is 12.2. The van der Waals surface area contributed by atoms with Crippen molar-refractivity contribution in [1.82, 2.24) is 4.72 Å². The van der Waals surface area contributed by atoms with E-state index in [4.69, 9.17) is 10.2 Å². The van der Waals surface area contributed by atoms with E-state index in [0.717, 1.165) is 6.07 Å². The van der Waals surface area contributed by atoms with Gasteiger partial charge in [-0.3, -0.25) is 0 Å². The SMILES string of the molecule is Cc1cc(C(=O)O)cc(S(=O)(=O)NCCC(C)O)c1C. The van der Waals surface area contributed by atoms with Gasteiger partial charge in [0.25, 0.3) is 0 Å². The number of carboxylic acids is 1. The summed E-state index contributed by atoms with van der Waals surface area (Å²) in [5.41, 5.74) is 1.05. The van der Waals surface area contributed by atoms with E-state index in [0.29, 0.717) is 11.1 Å². The van der Waals surface area contributed by atoms with Crippen LogP contribution in [0.15, 0.2) is 17.0 Å². The molecule has 0 radical (unpaired) electrons. The Bertz CT molecular complexity index is 607. The number of hydrogen-bond acceptors (Lipinski definition) is 4. The number of aliphatic hydroxyl groups is 1. The van der Waals surface area contributed by atoms with Crippen molar-refractivity contribution in [2.75, 3.05) is 6.54 Å². The van der Waals surface area contributed by atoms with E-state index in [-0.39, 0.29) is 23.4 Å². The first-order valence-electron chi connectivity index (χ1n) is 6.17. The monoisotopic (exact) mass is 301 g/mol. The minimum absolute atomic E-state index is 0.0412. The standard InChI is InChI=1S/C13H19NO5S/c1-8-6-11(13(16)17)7-12(10(8)3)20(18,19)14-5-4-9(2)15/h6-7,9,14-15H,4-5H2,1-3H3,(H,16,17). The Kier molecular flexibility index (Phi) is 5.27. The minimum atomic E-state index is -3.79. The average molecular weight is 301 g/mol. The highest BCUT2D eigenvalue weighted by Crippen LogP contribution is 2.21. The number of hydrogen-bond donors (Lipinski definition) is 3. The van der Waals surface area contributed by atoms with Crippen molar-refractivity contribution in [1.29, 1.82) is 0 Å². The van der Waals surface area contributed by atoms with E-state index in [2.05, 4.69) is 4.72 Å². The van der Waals surface area contributed by atoms with Crippen LogP contribution in [0.25, 0.3) is 0 Å². The van der Waals surface area contributed by atoms with Crippen LogP contribution in [0.4, 0.5) is 0 Å². The van der Waals surface area contributed by atoms with Gasteiger partial charge in [-0.05, 0) is 50.5 Å². The first-order chi connectivity index (χ1) is 9.15. The van der Waals surface area contributed by atoms with E-state index >= 15 is 0 Å². The van der Waals surface area contributed by atoms with Gasteiger partial charge in [0.1, 0.15) is 0 Å². The van der Waals surface area contributed by atoms with Crippen molar-refractivity contribution < 1.29 is 23.4 Å². The molecule has 6 nitrogen and oxygen atoms in total. The number of aliphatic hydroxyl groups excluding tert-OH is 1. The van der Waals surface area contributed by atoms with Crippen LogP contribution >= 0.6 is 0 Å². The Labute approximate surface area is 118 Å². The van der Waals surface area contributed by atoms with E-state index in [1.807, 2.05) is 0 Å². The van der Waals surface area contributed by atoms with Crippen LogP contribution < -0.4 is 4.72 Å². The number of aromatic carboxylic acids is 1. The smallest absolute Gasteiger partial charge is 0.335 e. The van der Waals surface area contributed by atoms with Crippen LogP contribution in [-0.2, 0) is 10.0 Å². The van der Waals surface area contributed by atoms with Gasteiger partial charge in [0, 0.05) is 6.54 Å². The normalized spacial score (nSPS) is 13.2. The third kappa shape index (κ3) is 4.03. The molecule has 0 aliphatic rings. The summed E-state index contributed by atoms with van der Waals surface area (Å²) in [5.74, 6) is -1.17. The lowest BCUT2D eigenvalue weighted by molar-refractivity contribution is 0.0696. The molecule has 112 valence electrons. The zero-order valence-electron chi connectivity index (χ0n) is 11.7. The molecule has 1 aromatic carbocycles. The van der Waals surface area contributed by atoms with Gasteiger partial charge in [-0.1, -0.05) is 0 Å². The predicted octanol–water partition coefficient (Wildman–Crippen LogP) is 1.05. The Morgan fingerprint density at radius 1 is 1.35 bits per heavy atom. The fourth-order valence-electron chi connectivity index (χ4n) is 1.71. The lowest BCUT2D eigenvalue weighted by atomic mass is 10.1. The second-order valence-electron chi connectivity index (χ2n) is 4.76.